The minimum absolute atomic E-state index is 0.354. The van der Waals surface area contributed by atoms with Crippen LogP contribution in [-0.4, -0.2) is 0 Å². The quantitative estimate of drug-likeness (QED) is 0.584. The van der Waals surface area contributed by atoms with E-state index in [0.29, 0.717) is 0 Å². The van der Waals surface area contributed by atoms with Crippen LogP contribution in [0.5, 0.6) is 0 Å². The molecule has 1 aliphatic rings. The Morgan fingerprint density at radius 2 is 2.33 bits per heavy atom. The molecule has 0 saturated heterocycles. The predicted octanol–water partition coefficient (Wildman–Crippen LogP) is 1.57. The fourth-order valence-corrected chi connectivity index (χ4v) is 4.15. The molecule has 1 aliphatic heterocycles. The fraction of sp³-hybridized carbons (Fsp3) is 0.200. The molecule has 1 heteroatoms. The van der Waals surface area contributed by atoms with E-state index in [-0.39, 0.29) is 24.6 Å². The van der Waals surface area contributed by atoms with Crippen molar-refractivity contribution in [2.45, 2.75) is 3.93 Å². The van der Waals surface area contributed by atoms with Gasteiger partial charge >= 0.3 is 50.3 Å². The van der Waals surface area contributed by atoms with Gasteiger partial charge in [-0.25, -0.2) is 0 Å². The Labute approximate surface area is 50.4 Å². The van der Waals surface area contributed by atoms with Gasteiger partial charge in [0, 0.05) is 0 Å². The molecule has 0 aromatic heterocycles. The van der Waals surface area contributed by atoms with Crippen LogP contribution in [0.25, 0.3) is 0 Å². The van der Waals surface area contributed by atoms with Gasteiger partial charge in [-0.1, -0.05) is 0 Å². The van der Waals surface area contributed by atoms with E-state index in [4.69, 9.17) is 0 Å². The zero-order valence-corrected chi connectivity index (χ0v) is 9.22. The van der Waals surface area contributed by atoms with Gasteiger partial charge in [0.1, 0.15) is 0 Å². The van der Waals surface area contributed by atoms with Gasteiger partial charge in [-0.3, -0.25) is 0 Å². The predicted molar refractivity (Wildman–Crippen MR) is 23.1 cm³/mol. The molecule has 1 rings (SSSR count). The monoisotopic (exact) mass is 268 g/mol. The molecule has 0 atom stereocenters. The van der Waals surface area contributed by atoms with E-state index in [1.54, 1.807) is 0 Å². The van der Waals surface area contributed by atoms with Crippen LogP contribution >= 0.6 is 0 Å². The summed E-state index contributed by atoms with van der Waals surface area (Å²) in [6, 6.07) is 0. The van der Waals surface area contributed by atoms with Crippen LogP contribution in [0.4, 0.5) is 0 Å². The van der Waals surface area contributed by atoms with E-state index in [1.807, 2.05) is 0 Å². The molecule has 0 radical (unpaired) electrons. The summed E-state index contributed by atoms with van der Waals surface area (Å²) in [5.74, 6) is 0. The molecule has 0 aliphatic carbocycles. The molecule has 0 fully saturated rings. The third-order valence-electron chi connectivity index (χ3n) is 0.883. The van der Waals surface area contributed by atoms with Crippen molar-refractivity contribution in [3.8, 4) is 0 Å². The molecule has 0 amide bonds. The number of hydrogen-bond donors (Lipinski definition) is 0. The molecule has 0 N–H and O–H groups in total. The van der Waals surface area contributed by atoms with Gasteiger partial charge in [0.2, 0.25) is 0 Å². The molecule has 6 heavy (non-hydrogen) atoms. The van der Waals surface area contributed by atoms with Crippen molar-refractivity contribution in [2.75, 3.05) is 0 Å². The van der Waals surface area contributed by atoms with Crippen LogP contribution in [0.15, 0.2) is 21.8 Å². The van der Waals surface area contributed by atoms with Gasteiger partial charge in [0.25, 0.3) is 0 Å². The van der Waals surface area contributed by atoms with E-state index in [2.05, 4.69) is 21.8 Å². The van der Waals surface area contributed by atoms with Gasteiger partial charge < -0.3 is 0 Å². The number of rotatable bonds is 0. The van der Waals surface area contributed by atoms with Crippen LogP contribution < -0.4 is 0 Å². The Morgan fingerprint density at radius 3 is 2.50 bits per heavy atom. The summed E-state index contributed by atoms with van der Waals surface area (Å²) in [5, 5.41) is 0. The average molecular weight is 267 g/mol. The van der Waals surface area contributed by atoms with Gasteiger partial charge in [-0.05, 0) is 0 Å². The van der Waals surface area contributed by atoms with Gasteiger partial charge in [-0.15, -0.1) is 0 Å². The van der Waals surface area contributed by atoms with E-state index in [0.717, 1.165) is 0 Å². The Balaban J connectivity index is 2.46. The van der Waals surface area contributed by atoms with Gasteiger partial charge in [0.05, 0.1) is 0 Å². The van der Waals surface area contributed by atoms with E-state index >= 15 is 0 Å². The Morgan fingerprint density at radius 1 is 1.33 bits per heavy atom. The van der Waals surface area contributed by atoms with Crippen LogP contribution in [-0.2, 0) is 24.6 Å². The summed E-state index contributed by atoms with van der Waals surface area (Å²) >= 11 is -0.354. The normalized spacial score (nSPS) is 16.0. The first-order valence-corrected chi connectivity index (χ1v) is 9.38. The maximum absolute atomic E-state index is 2.40. The topological polar surface area (TPSA) is 0 Å². The van der Waals surface area contributed by atoms with Crippen LogP contribution in [0, 0.1) is 0 Å². The molecular formula is C5H6Hg. The SMILES string of the molecule is C1=C[CH2][Hg][CH]=C1. The zero-order chi connectivity index (χ0) is 4.24. The van der Waals surface area contributed by atoms with Crippen LogP contribution in [0.3, 0.4) is 0 Å². The molecule has 1 heterocycles. The average Bonchev–Trinajstić information content (AvgIpc) is 1.72. The van der Waals surface area contributed by atoms with E-state index < -0.39 is 0 Å². The van der Waals surface area contributed by atoms with Crippen molar-refractivity contribution in [1.29, 1.82) is 0 Å². The van der Waals surface area contributed by atoms with E-state index in [9.17, 15) is 0 Å². The fourth-order valence-electron chi connectivity index (χ4n) is 0.542. The first-order chi connectivity index (χ1) is 3.00. The summed E-state index contributed by atoms with van der Waals surface area (Å²) in [5.41, 5.74) is 0. The Kier molecular flexibility index (Phi) is 1.95. The van der Waals surface area contributed by atoms with Gasteiger partial charge in [0.15, 0.2) is 0 Å². The van der Waals surface area contributed by atoms with Crippen molar-refractivity contribution >= 4 is 0 Å². The standard InChI is InChI=1S/C5H6.Hg/c1-3-5-4-2;/h1,3-5H,2H2;. The first-order valence-electron chi connectivity index (χ1n) is 2.32. The zero-order valence-electron chi connectivity index (χ0n) is 3.72. The molecule has 0 spiro atoms. The third-order valence-corrected chi connectivity index (χ3v) is 5.83. The Bertz CT molecular complexity index is 69.9. The third kappa shape index (κ3) is 1.25. The second-order valence-corrected chi connectivity index (χ2v) is 7.76. The summed E-state index contributed by atoms with van der Waals surface area (Å²) in [4.78, 5) is 0. The van der Waals surface area contributed by atoms with E-state index in [1.165, 1.54) is 3.93 Å². The summed E-state index contributed by atoms with van der Waals surface area (Å²) in [6.45, 7) is 0. The molecule has 0 aromatic carbocycles. The summed E-state index contributed by atoms with van der Waals surface area (Å²) in [6.07, 6.45) is 6.61. The number of hydrogen-bond acceptors (Lipinski definition) is 0. The molecule has 0 aromatic rings. The van der Waals surface area contributed by atoms with Crippen LogP contribution in [0.2, 0.25) is 3.93 Å². The molecule has 0 unspecified atom stereocenters. The number of allylic oxidation sites excluding steroid dienone is 3. The van der Waals surface area contributed by atoms with Crippen molar-refractivity contribution in [1.82, 2.24) is 0 Å². The second-order valence-electron chi connectivity index (χ2n) is 1.43. The Hall–Kier alpha value is 0.415. The molecule has 0 nitrogen and oxygen atoms in total. The molecule has 28 valence electrons. The molecular weight excluding hydrogens is 261 g/mol. The second kappa shape index (κ2) is 2.56. The van der Waals surface area contributed by atoms with Crippen molar-refractivity contribution < 1.29 is 24.6 Å². The summed E-state index contributed by atoms with van der Waals surface area (Å²) < 4.78 is 3.86. The minimum atomic E-state index is -0.354. The van der Waals surface area contributed by atoms with Gasteiger partial charge in [-0.2, -0.15) is 0 Å². The van der Waals surface area contributed by atoms with Crippen LogP contribution in [0.1, 0.15) is 0 Å². The molecule has 0 bridgehead atoms. The maximum atomic E-state index is 2.40. The van der Waals surface area contributed by atoms with Crippen molar-refractivity contribution in [3.05, 3.63) is 21.8 Å². The first kappa shape index (κ1) is 4.57. The van der Waals surface area contributed by atoms with Crippen molar-refractivity contribution in [2.24, 2.45) is 0 Å². The van der Waals surface area contributed by atoms with Crippen molar-refractivity contribution in [3.63, 3.8) is 0 Å². The summed E-state index contributed by atoms with van der Waals surface area (Å²) in [7, 11) is 0. The molecule has 0 saturated carbocycles.